The second kappa shape index (κ2) is 6.67. The number of benzene rings is 1. The van der Waals surface area contributed by atoms with Crippen molar-refractivity contribution in [2.45, 2.75) is 13.0 Å². The maximum Gasteiger partial charge on any atom is 0.337 e. The summed E-state index contributed by atoms with van der Waals surface area (Å²) in [5, 5.41) is 13.1. The van der Waals surface area contributed by atoms with Gasteiger partial charge in [-0.2, -0.15) is 0 Å². The Kier molecular flexibility index (Phi) is 4.43. The lowest BCUT2D eigenvalue weighted by Gasteiger charge is -2.10. The molecule has 0 fully saturated rings. The molecule has 124 valence electrons. The van der Waals surface area contributed by atoms with E-state index in [0.29, 0.717) is 11.5 Å². The zero-order chi connectivity index (χ0) is 17.1. The first kappa shape index (κ1) is 15.9. The van der Waals surface area contributed by atoms with E-state index in [1.807, 2.05) is 25.3 Å². The zero-order valence-corrected chi connectivity index (χ0v) is 13.4. The molecule has 0 aliphatic carbocycles. The highest BCUT2D eigenvalue weighted by Crippen LogP contribution is 2.28. The second-order valence-corrected chi connectivity index (χ2v) is 5.45. The van der Waals surface area contributed by atoms with Gasteiger partial charge in [-0.25, -0.2) is 14.8 Å². The molecule has 24 heavy (non-hydrogen) atoms. The minimum absolute atomic E-state index is 0.00300. The number of ether oxygens (including phenoxy) is 1. The highest BCUT2D eigenvalue weighted by Gasteiger charge is 2.12. The lowest BCUT2D eigenvalue weighted by Crippen LogP contribution is -2.20. The Labute approximate surface area is 138 Å². The highest BCUT2D eigenvalue weighted by molar-refractivity contribution is 5.99. The third-order valence-electron chi connectivity index (χ3n) is 3.68. The zero-order valence-electron chi connectivity index (χ0n) is 13.4. The fourth-order valence-electron chi connectivity index (χ4n) is 2.43. The number of nitrogens with zero attached hydrogens (tertiary/aromatic N) is 2. The van der Waals surface area contributed by atoms with E-state index in [-0.39, 0.29) is 18.6 Å². The van der Waals surface area contributed by atoms with Crippen molar-refractivity contribution in [3.63, 3.8) is 0 Å². The van der Waals surface area contributed by atoms with Gasteiger partial charge in [-0.3, -0.25) is 0 Å². The first-order valence-corrected chi connectivity index (χ1v) is 7.52. The molecule has 3 N–H and O–H groups in total. The molecule has 0 saturated carbocycles. The maximum absolute atomic E-state index is 11.6. The Bertz CT molecular complexity index is 875. The first-order valence-electron chi connectivity index (χ1n) is 7.52. The molecule has 1 aromatic carbocycles. The van der Waals surface area contributed by atoms with Crippen molar-refractivity contribution in [2.24, 2.45) is 0 Å². The van der Waals surface area contributed by atoms with Crippen molar-refractivity contribution in [2.75, 3.05) is 19.0 Å². The Hall–Kier alpha value is -2.93. The molecule has 2 heterocycles. The van der Waals surface area contributed by atoms with Crippen LogP contribution in [-0.4, -0.2) is 45.8 Å². The molecule has 1 atom stereocenters. The van der Waals surface area contributed by atoms with E-state index < -0.39 is 0 Å². The number of H-pyrrole nitrogens is 1. The second-order valence-electron chi connectivity index (χ2n) is 5.45. The molecule has 7 nitrogen and oxygen atoms in total. The molecular weight excluding hydrogens is 308 g/mol. The number of fused-ring (bicyclic) bond motifs is 1. The van der Waals surface area contributed by atoms with Crippen LogP contribution in [0.5, 0.6) is 0 Å². The predicted octanol–water partition coefficient (Wildman–Crippen LogP) is 2.20. The number of aliphatic hydroxyl groups excluding tert-OH is 1. The topological polar surface area (TPSA) is 100 Å². The van der Waals surface area contributed by atoms with E-state index in [2.05, 4.69) is 20.3 Å². The summed E-state index contributed by atoms with van der Waals surface area (Å²) in [7, 11) is 1.36. The number of anilines is 1. The van der Waals surface area contributed by atoms with Crippen molar-refractivity contribution >= 4 is 22.8 Å². The molecule has 7 heteroatoms. The van der Waals surface area contributed by atoms with Gasteiger partial charge in [-0.1, -0.05) is 6.07 Å². The fourth-order valence-corrected chi connectivity index (χ4v) is 2.43. The normalized spacial score (nSPS) is 12.1. The van der Waals surface area contributed by atoms with Gasteiger partial charge in [-0.15, -0.1) is 0 Å². The van der Waals surface area contributed by atoms with Gasteiger partial charge in [0.25, 0.3) is 0 Å². The number of aromatic nitrogens is 3. The third-order valence-corrected chi connectivity index (χ3v) is 3.68. The lowest BCUT2D eigenvalue weighted by molar-refractivity contribution is 0.0601. The van der Waals surface area contributed by atoms with Crippen LogP contribution in [0.2, 0.25) is 0 Å². The van der Waals surface area contributed by atoms with Crippen molar-refractivity contribution in [3.05, 3.63) is 42.2 Å². The van der Waals surface area contributed by atoms with Gasteiger partial charge < -0.3 is 20.1 Å². The molecule has 0 unspecified atom stereocenters. The number of aromatic amines is 1. The van der Waals surface area contributed by atoms with E-state index in [9.17, 15) is 4.79 Å². The summed E-state index contributed by atoms with van der Waals surface area (Å²) in [6.45, 7) is 1.84. The van der Waals surface area contributed by atoms with Crippen LogP contribution in [0.25, 0.3) is 22.2 Å². The van der Waals surface area contributed by atoms with Crippen molar-refractivity contribution in [1.29, 1.82) is 0 Å². The van der Waals surface area contributed by atoms with Crippen LogP contribution < -0.4 is 5.32 Å². The van der Waals surface area contributed by atoms with Gasteiger partial charge in [0.15, 0.2) is 0 Å². The van der Waals surface area contributed by atoms with Crippen LogP contribution in [0.3, 0.4) is 0 Å². The number of aliphatic hydroxyl groups is 1. The number of hydrogen-bond acceptors (Lipinski definition) is 6. The van der Waals surface area contributed by atoms with Crippen molar-refractivity contribution in [3.8, 4) is 11.3 Å². The summed E-state index contributed by atoms with van der Waals surface area (Å²) >= 11 is 0. The van der Waals surface area contributed by atoms with Crippen molar-refractivity contribution < 1.29 is 14.6 Å². The van der Waals surface area contributed by atoms with Crippen LogP contribution in [0.1, 0.15) is 17.3 Å². The van der Waals surface area contributed by atoms with Gasteiger partial charge >= 0.3 is 5.97 Å². The average Bonchev–Trinajstić information content (AvgIpc) is 3.04. The van der Waals surface area contributed by atoms with Gasteiger partial charge in [0.05, 0.1) is 25.0 Å². The molecule has 0 amide bonds. The lowest BCUT2D eigenvalue weighted by atomic mass is 10.1. The Balaban J connectivity index is 1.98. The quantitative estimate of drug-likeness (QED) is 0.622. The molecular formula is C17H18N4O3. The van der Waals surface area contributed by atoms with Crippen LogP contribution in [0.15, 0.2) is 36.7 Å². The Morgan fingerprint density at radius 3 is 3.00 bits per heavy atom. The van der Waals surface area contributed by atoms with Crippen LogP contribution in [0, 0.1) is 0 Å². The number of carbonyl (C=O) groups is 1. The maximum atomic E-state index is 11.6. The Morgan fingerprint density at radius 2 is 2.25 bits per heavy atom. The SMILES string of the molecule is COC(=O)c1ccc2c(-c3ccnc(N[C@@H](C)CO)n3)c[nH]c2c1. The number of nitrogens with one attached hydrogen (secondary N) is 2. The summed E-state index contributed by atoms with van der Waals surface area (Å²) in [4.78, 5) is 23.4. The largest absolute Gasteiger partial charge is 0.465 e. The molecule has 0 aliphatic rings. The van der Waals surface area contributed by atoms with Gasteiger partial charge in [0.2, 0.25) is 5.95 Å². The number of esters is 1. The molecule has 0 saturated heterocycles. The van der Waals surface area contributed by atoms with Crippen LogP contribution in [-0.2, 0) is 4.74 Å². The van der Waals surface area contributed by atoms with E-state index in [1.165, 1.54) is 7.11 Å². The van der Waals surface area contributed by atoms with Gasteiger partial charge in [0, 0.05) is 34.9 Å². The van der Waals surface area contributed by atoms with Crippen LogP contribution >= 0.6 is 0 Å². The van der Waals surface area contributed by atoms with E-state index in [0.717, 1.165) is 22.2 Å². The Morgan fingerprint density at radius 1 is 1.42 bits per heavy atom. The summed E-state index contributed by atoms with van der Waals surface area (Å²) in [6.07, 6.45) is 3.50. The number of hydrogen-bond donors (Lipinski definition) is 3. The number of rotatable bonds is 5. The molecule has 2 aromatic heterocycles. The van der Waals surface area contributed by atoms with Gasteiger partial charge in [-0.05, 0) is 25.1 Å². The molecule has 0 spiro atoms. The molecule has 3 rings (SSSR count). The van der Waals surface area contributed by atoms with Crippen molar-refractivity contribution in [1.82, 2.24) is 15.0 Å². The summed E-state index contributed by atoms with van der Waals surface area (Å²) in [5.41, 5.74) is 2.96. The molecule has 0 aliphatic heterocycles. The molecule has 3 aromatic rings. The monoisotopic (exact) mass is 326 g/mol. The first-order chi connectivity index (χ1) is 11.6. The summed E-state index contributed by atoms with van der Waals surface area (Å²) < 4.78 is 4.74. The predicted molar refractivity (Wildman–Crippen MR) is 90.8 cm³/mol. The van der Waals surface area contributed by atoms with Gasteiger partial charge in [0.1, 0.15) is 0 Å². The van der Waals surface area contributed by atoms with E-state index >= 15 is 0 Å². The van der Waals surface area contributed by atoms with Crippen LogP contribution in [0.4, 0.5) is 5.95 Å². The third kappa shape index (κ3) is 3.07. The number of carbonyl (C=O) groups excluding carboxylic acids is 1. The highest BCUT2D eigenvalue weighted by atomic mass is 16.5. The summed E-state index contributed by atoms with van der Waals surface area (Å²) in [6, 6.07) is 7.01. The minimum Gasteiger partial charge on any atom is -0.465 e. The molecule has 0 radical (unpaired) electrons. The van der Waals surface area contributed by atoms with E-state index in [4.69, 9.17) is 9.84 Å². The number of methoxy groups -OCH3 is 1. The average molecular weight is 326 g/mol. The smallest absolute Gasteiger partial charge is 0.337 e. The summed E-state index contributed by atoms with van der Waals surface area (Å²) in [5.74, 6) is 0.0779. The van der Waals surface area contributed by atoms with E-state index in [1.54, 1.807) is 18.3 Å². The standard InChI is InChI=1S/C17H18N4O3/c1-10(9-22)20-17-18-6-5-14(21-17)13-8-19-15-7-11(16(23)24-2)3-4-12(13)15/h3-8,10,19,22H,9H2,1-2H3,(H,18,20,21)/t10-/m0/s1. The molecule has 0 bridgehead atoms. The minimum atomic E-state index is -0.375. The fraction of sp³-hybridized carbons (Fsp3) is 0.235.